The number of pyridine rings is 1. The molecule has 1 heterocycles. The standard InChI is InChI=1S/C14H19NO4/c1-5-18-12(16)11(10-7-6-8-15-9-10)19-13(17)14(2,3)4/h6-9,11H,5H2,1-4H3. The van der Waals surface area contributed by atoms with Crippen molar-refractivity contribution in [3.8, 4) is 0 Å². The van der Waals surface area contributed by atoms with E-state index in [0.717, 1.165) is 0 Å². The number of aromatic nitrogens is 1. The van der Waals surface area contributed by atoms with Crippen LogP contribution in [0.2, 0.25) is 0 Å². The van der Waals surface area contributed by atoms with Crippen LogP contribution in [0.15, 0.2) is 24.5 Å². The quantitative estimate of drug-likeness (QED) is 0.781. The van der Waals surface area contributed by atoms with Gasteiger partial charge in [0.15, 0.2) is 0 Å². The molecule has 0 saturated carbocycles. The SMILES string of the molecule is CCOC(=O)C(OC(=O)C(C)(C)C)c1cccnc1. The molecular weight excluding hydrogens is 246 g/mol. The largest absolute Gasteiger partial charge is 0.463 e. The minimum Gasteiger partial charge on any atom is -0.463 e. The summed E-state index contributed by atoms with van der Waals surface area (Å²) in [5.41, 5.74) is -0.189. The van der Waals surface area contributed by atoms with E-state index in [-0.39, 0.29) is 6.61 Å². The maximum atomic E-state index is 11.9. The Morgan fingerprint density at radius 1 is 1.37 bits per heavy atom. The van der Waals surface area contributed by atoms with Gasteiger partial charge in [-0.05, 0) is 33.8 Å². The molecule has 1 aromatic rings. The third-order valence-corrected chi connectivity index (χ3v) is 2.33. The minimum atomic E-state index is -1.07. The first-order valence-corrected chi connectivity index (χ1v) is 6.14. The fourth-order valence-corrected chi connectivity index (χ4v) is 1.29. The van der Waals surface area contributed by atoms with Crippen LogP contribution in [0.5, 0.6) is 0 Å². The van der Waals surface area contributed by atoms with E-state index in [0.29, 0.717) is 5.56 Å². The van der Waals surface area contributed by atoms with Crippen LogP contribution in [0.3, 0.4) is 0 Å². The highest BCUT2D eigenvalue weighted by Crippen LogP contribution is 2.24. The minimum absolute atomic E-state index is 0.225. The van der Waals surface area contributed by atoms with E-state index in [4.69, 9.17) is 9.47 Å². The van der Waals surface area contributed by atoms with E-state index in [1.54, 1.807) is 46.0 Å². The van der Waals surface area contributed by atoms with Crippen LogP contribution >= 0.6 is 0 Å². The normalized spacial score (nSPS) is 12.6. The van der Waals surface area contributed by atoms with E-state index in [2.05, 4.69) is 4.98 Å². The van der Waals surface area contributed by atoms with Gasteiger partial charge in [0.05, 0.1) is 12.0 Å². The first-order valence-electron chi connectivity index (χ1n) is 6.14. The highest BCUT2D eigenvalue weighted by Gasteiger charge is 2.31. The second-order valence-corrected chi connectivity index (χ2v) is 5.07. The van der Waals surface area contributed by atoms with Crippen LogP contribution in [0, 0.1) is 5.41 Å². The monoisotopic (exact) mass is 265 g/mol. The molecule has 0 spiro atoms. The van der Waals surface area contributed by atoms with E-state index < -0.39 is 23.5 Å². The lowest BCUT2D eigenvalue weighted by Crippen LogP contribution is -2.29. The first-order chi connectivity index (χ1) is 8.86. The van der Waals surface area contributed by atoms with Crippen molar-refractivity contribution < 1.29 is 19.1 Å². The zero-order chi connectivity index (χ0) is 14.5. The van der Waals surface area contributed by atoms with Gasteiger partial charge in [0.2, 0.25) is 6.10 Å². The van der Waals surface area contributed by atoms with Crippen LogP contribution in [0.25, 0.3) is 0 Å². The molecule has 1 aromatic heterocycles. The third kappa shape index (κ3) is 4.35. The maximum absolute atomic E-state index is 11.9. The van der Waals surface area contributed by atoms with Crippen LogP contribution in [0.4, 0.5) is 0 Å². The van der Waals surface area contributed by atoms with Gasteiger partial charge in [-0.3, -0.25) is 9.78 Å². The summed E-state index contributed by atoms with van der Waals surface area (Å²) < 4.78 is 10.2. The summed E-state index contributed by atoms with van der Waals surface area (Å²) in [6.07, 6.45) is 2.00. The van der Waals surface area contributed by atoms with Gasteiger partial charge in [-0.1, -0.05) is 6.07 Å². The molecule has 0 aliphatic carbocycles. The predicted octanol–water partition coefficient (Wildman–Crippen LogP) is 2.28. The van der Waals surface area contributed by atoms with Crippen molar-refractivity contribution >= 4 is 11.9 Å². The lowest BCUT2D eigenvalue weighted by molar-refractivity contribution is -0.173. The number of carbonyl (C=O) groups is 2. The number of hydrogen-bond acceptors (Lipinski definition) is 5. The molecule has 0 bridgehead atoms. The summed E-state index contributed by atoms with van der Waals surface area (Å²) in [5.74, 6) is -1.05. The summed E-state index contributed by atoms with van der Waals surface area (Å²) >= 11 is 0. The molecule has 0 amide bonds. The summed E-state index contributed by atoms with van der Waals surface area (Å²) in [6, 6.07) is 3.34. The molecule has 0 fully saturated rings. The highest BCUT2D eigenvalue weighted by atomic mass is 16.6. The lowest BCUT2D eigenvalue weighted by atomic mass is 9.97. The van der Waals surface area contributed by atoms with Crippen LogP contribution in [-0.4, -0.2) is 23.5 Å². The molecule has 0 saturated heterocycles. The van der Waals surface area contributed by atoms with E-state index in [9.17, 15) is 9.59 Å². The van der Waals surface area contributed by atoms with Crippen molar-refractivity contribution in [2.24, 2.45) is 5.41 Å². The van der Waals surface area contributed by atoms with E-state index in [1.807, 2.05) is 0 Å². The Morgan fingerprint density at radius 3 is 2.53 bits per heavy atom. The van der Waals surface area contributed by atoms with Crippen LogP contribution < -0.4 is 0 Å². The Bertz CT molecular complexity index is 437. The zero-order valence-corrected chi connectivity index (χ0v) is 11.7. The van der Waals surface area contributed by atoms with Gasteiger partial charge < -0.3 is 9.47 Å². The predicted molar refractivity (Wildman–Crippen MR) is 69.2 cm³/mol. The van der Waals surface area contributed by atoms with Gasteiger partial charge in [0.25, 0.3) is 0 Å². The number of rotatable bonds is 4. The van der Waals surface area contributed by atoms with Gasteiger partial charge in [0, 0.05) is 18.0 Å². The summed E-state index contributed by atoms with van der Waals surface area (Å²) in [6.45, 7) is 7.09. The fourth-order valence-electron chi connectivity index (χ4n) is 1.29. The van der Waals surface area contributed by atoms with Gasteiger partial charge in [-0.2, -0.15) is 0 Å². The molecule has 1 atom stereocenters. The van der Waals surface area contributed by atoms with Crippen LogP contribution in [0.1, 0.15) is 39.4 Å². The molecule has 104 valence electrons. The molecule has 5 nitrogen and oxygen atoms in total. The summed E-state index contributed by atoms with van der Waals surface area (Å²) in [5, 5.41) is 0. The second-order valence-electron chi connectivity index (χ2n) is 5.07. The second kappa shape index (κ2) is 6.31. The number of nitrogens with zero attached hydrogens (tertiary/aromatic N) is 1. The zero-order valence-electron chi connectivity index (χ0n) is 11.7. The molecule has 5 heteroatoms. The molecular formula is C14H19NO4. The summed E-state index contributed by atoms with van der Waals surface area (Å²) in [7, 11) is 0. The Hall–Kier alpha value is -1.91. The van der Waals surface area contributed by atoms with Crippen molar-refractivity contribution in [1.82, 2.24) is 4.98 Å². The van der Waals surface area contributed by atoms with Gasteiger partial charge in [-0.15, -0.1) is 0 Å². The Morgan fingerprint density at radius 2 is 2.05 bits per heavy atom. The molecule has 0 N–H and O–H groups in total. The van der Waals surface area contributed by atoms with Crippen molar-refractivity contribution in [2.45, 2.75) is 33.8 Å². The number of ether oxygens (including phenoxy) is 2. The van der Waals surface area contributed by atoms with Gasteiger partial charge in [0.1, 0.15) is 0 Å². The molecule has 19 heavy (non-hydrogen) atoms. The molecule has 0 aliphatic rings. The van der Waals surface area contributed by atoms with Gasteiger partial charge in [-0.25, -0.2) is 4.79 Å². The molecule has 0 aromatic carbocycles. The summed E-state index contributed by atoms with van der Waals surface area (Å²) in [4.78, 5) is 27.7. The third-order valence-electron chi connectivity index (χ3n) is 2.33. The maximum Gasteiger partial charge on any atom is 0.352 e. The Balaban J connectivity index is 2.94. The lowest BCUT2D eigenvalue weighted by Gasteiger charge is -2.22. The average Bonchev–Trinajstić information content (AvgIpc) is 2.35. The topological polar surface area (TPSA) is 65.5 Å². The number of carbonyl (C=O) groups excluding carboxylic acids is 2. The van der Waals surface area contributed by atoms with Crippen LogP contribution in [-0.2, 0) is 19.1 Å². The highest BCUT2D eigenvalue weighted by molar-refractivity contribution is 5.82. The number of esters is 2. The molecule has 0 aliphatic heterocycles. The molecule has 1 unspecified atom stereocenters. The van der Waals surface area contributed by atoms with Crippen molar-refractivity contribution in [1.29, 1.82) is 0 Å². The molecule has 1 rings (SSSR count). The smallest absolute Gasteiger partial charge is 0.352 e. The van der Waals surface area contributed by atoms with E-state index >= 15 is 0 Å². The Kier molecular flexibility index (Phi) is 5.03. The first kappa shape index (κ1) is 15.1. The van der Waals surface area contributed by atoms with Gasteiger partial charge >= 0.3 is 11.9 Å². The number of hydrogen-bond donors (Lipinski definition) is 0. The Labute approximate surface area is 112 Å². The fraction of sp³-hybridized carbons (Fsp3) is 0.500. The van der Waals surface area contributed by atoms with Crippen molar-refractivity contribution in [2.75, 3.05) is 6.61 Å². The van der Waals surface area contributed by atoms with E-state index in [1.165, 1.54) is 6.20 Å². The van der Waals surface area contributed by atoms with Crippen molar-refractivity contribution in [3.05, 3.63) is 30.1 Å². The van der Waals surface area contributed by atoms with Crippen molar-refractivity contribution in [3.63, 3.8) is 0 Å². The average molecular weight is 265 g/mol. The molecule has 0 radical (unpaired) electrons.